The van der Waals surface area contributed by atoms with Crippen LogP contribution >= 0.6 is 0 Å². The molecule has 1 aliphatic heterocycles. The van der Waals surface area contributed by atoms with E-state index in [4.69, 9.17) is 4.74 Å². The summed E-state index contributed by atoms with van der Waals surface area (Å²) in [5.74, 6) is 1.30. The van der Waals surface area contributed by atoms with Crippen LogP contribution in [0.3, 0.4) is 0 Å². The molecule has 1 aliphatic rings. The Morgan fingerprint density at radius 1 is 1.24 bits per heavy atom. The molecule has 1 N–H and O–H groups in total. The van der Waals surface area contributed by atoms with Gasteiger partial charge in [-0.25, -0.2) is 0 Å². The molecule has 1 aromatic rings. The van der Waals surface area contributed by atoms with E-state index < -0.39 is 0 Å². The summed E-state index contributed by atoms with van der Waals surface area (Å²) in [5.41, 5.74) is 0. The molecule has 0 radical (unpaired) electrons. The zero-order chi connectivity index (χ0) is 15.2. The summed E-state index contributed by atoms with van der Waals surface area (Å²) in [6, 6.07) is 1.01. The minimum Gasteiger partial charge on any atom is -0.467 e. The number of anilines is 2. The molecule has 0 spiro atoms. The van der Waals surface area contributed by atoms with Crippen molar-refractivity contribution in [2.24, 2.45) is 0 Å². The number of hydrogen-bond donors (Lipinski definition) is 1. The van der Waals surface area contributed by atoms with Crippen molar-refractivity contribution < 1.29 is 4.74 Å². The van der Waals surface area contributed by atoms with Crippen LogP contribution < -0.4 is 15.0 Å². The van der Waals surface area contributed by atoms with Gasteiger partial charge in [0.2, 0.25) is 11.9 Å². The fourth-order valence-electron chi connectivity index (χ4n) is 2.48. The lowest BCUT2D eigenvalue weighted by atomic mass is 10.0. The number of hydrogen-bond acceptors (Lipinski definition) is 7. The first-order valence-electron chi connectivity index (χ1n) is 7.59. The summed E-state index contributed by atoms with van der Waals surface area (Å²) >= 11 is 0. The van der Waals surface area contributed by atoms with E-state index in [-0.39, 0.29) is 0 Å². The average molecular weight is 294 g/mol. The zero-order valence-corrected chi connectivity index (χ0v) is 13.5. The van der Waals surface area contributed by atoms with Gasteiger partial charge in [0.25, 0.3) is 0 Å². The highest BCUT2D eigenvalue weighted by molar-refractivity contribution is 5.38. The maximum absolute atomic E-state index is 5.19. The van der Waals surface area contributed by atoms with Gasteiger partial charge in [-0.05, 0) is 33.4 Å². The number of methoxy groups -OCH3 is 1. The molecule has 2 heterocycles. The van der Waals surface area contributed by atoms with Crippen LogP contribution in [0.2, 0.25) is 0 Å². The Morgan fingerprint density at radius 2 is 1.95 bits per heavy atom. The lowest BCUT2D eigenvalue weighted by Gasteiger charge is -2.35. The van der Waals surface area contributed by atoms with Gasteiger partial charge in [0, 0.05) is 25.7 Å². The molecule has 118 valence electrons. The Hall–Kier alpha value is -1.63. The summed E-state index contributed by atoms with van der Waals surface area (Å²) in [6.45, 7) is 4.88. The topological polar surface area (TPSA) is 66.4 Å². The Bertz CT molecular complexity index is 445. The monoisotopic (exact) mass is 294 g/mol. The van der Waals surface area contributed by atoms with Crippen molar-refractivity contribution in [2.45, 2.75) is 32.2 Å². The quantitative estimate of drug-likeness (QED) is 0.846. The van der Waals surface area contributed by atoms with Gasteiger partial charge in [-0.1, -0.05) is 6.92 Å². The van der Waals surface area contributed by atoms with Crippen molar-refractivity contribution in [3.05, 3.63) is 0 Å². The molecule has 0 aliphatic carbocycles. The largest absolute Gasteiger partial charge is 0.467 e. The summed E-state index contributed by atoms with van der Waals surface area (Å²) < 4.78 is 5.19. The molecule has 0 amide bonds. The third kappa shape index (κ3) is 4.17. The predicted octanol–water partition coefficient (Wildman–Crippen LogP) is 1.23. The second-order valence-electron chi connectivity index (χ2n) is 5.55. The minimum atomic E-state index is 0.369. The van der Waals surface area contributed by atoms with Crippen LogP contribution in [0.1, 0.15) is 26.2 Å². The average Bonchev–Trinajstić information content (AvgIpc) is 2.52. The van der Waals surface area contributed by atoms with E-state index in [1.165, 1.54) is 0 Å². The van der Waals surface area contributed by atoms with Crippen molar-refractivity contribution in [3.63, 3.8) is 0 Å². The highest BCUT2D eigenvalue weighted by Crippen LogP contribution is 2.21. The smallest absolute Gasteiger partial charge is 0.322 e. The Balaban J connectivity index is 2.08. The molecule has 0 unspecified atom stereocenters. The van der Waals surface area contributed by atoms with E-state index in [2.05, 4.69) is 51.1 Å². The van der Waals surface area contributed by atoms with Gasteiger partial charge in [-0.15, -0.1) is 0 Å². The molecule has 1 saturated heterocycles. The highest BCUT2D eigenvalue weighted by Gasteiger charge is 2.23. The number of nitrogens with zero attached hydrogens (tertiary/aromatic N) is 5. The summed E-state index contributed by atoms with van der Waals surface area (Å²) in [4.78, 5) is 17.6. The molecule has 0 atom stereocenters. The van der Waals surface area contributed by atoms with E-state index in [9.17, 15) is 0 Å². The molecule has 21 heavy (non-hydrogen) atoms. The molecule has 7 nitrogen and oxygen atoms in total. The van der Waals surface area contributed by atoms with E-state index in [1.807, 2.05) is 0 Å². The number of rotatable bonds is 6. The van der Waals surface area contributed by atoms with E-state index in [0.717, 1.165) is 38.9 Å². The highest BCUT2D eigenvalue weighted by atomic mass is 16.5. The molecule has 0 aromatic carbocycles. The lowest BCUT2D eigenvalue weighted by molar-refractivity contribution is 0.248. The van der Waals surface area contributed by atoms with Crippen LogP contribution in [-0.4, -0.2) is 66.7 Å². The maximum atomic E-state index is 5.19. The second-order valence-corrected chi connectivity index (χ2v) is 5.55. The van der Waals surface area contributed by atoms with Crippen molar-refractivity contribution in [1.82, 2.24) is 19.9 Å². The van der Waals surface area contributed by atoms with Gasteiger partial charge in [-0.2, -0.15) is 15.0 Å². The van der Waals surface area contributed by atoms with Gasteiger partial charge >= 0.3 is 6.01 Å². The van der Waals surface area contributed by atoms with Gasteiger partial charge in [0.05, 0.1) is 7.11 Å². The van der Waals surface area contributed by atoms with E-state index >= 15 is 0 Å². The summed E-state index contributed by atoms with van der Waals surface area (Å²) in [5, 5.41) is 3.20. The predicted molar refractivity (Wildman–Crippen MR) is 84.1 cm³/mol. The second kappa shape index (κ2) is 7.40. The Labute approximate surface area is 126 Å². The Morgan fingerprint density at radius 3 is 2.52 bits per heavy atom. The van der Waals surface area contributed by atoms with Crippen LogP contribution in [-0.2, 0) is 0 Å². The van der Waals surface area contributed by atoms with Crippen LogP contribution in [0.4, 0.5) is 11.9 Å². The third-order valence-electron chi connectivity index (χ3n) is 3.80. The standard InChI is InChI=1S/C14H26N6O/c1-5-8-15-12-16-13(18-14(17-12)21-4)20-9-6-11(7-10-20)19(2)3/h11H,5-10H2,1-4H3,(H,15,16,17,18). The van der Waals surface area contributed by atoms with Crippen molar-refractivity contribution in [2.75, 3.05) is 51.1 Å². The van der Waals surface area contributed by atoms with E-state index in [0.29, 0.717) is 23.9 Å². The normalized spacial score (nSPS) is 16.3. The van der Waals surface area contributed by atoms with Gasteiger partial charge < -0.3 is 19.9 Å². The molecule has 7 heteroatoms. The van der Waals surface area contributed by atoms with Crippen LogP contribution in [0.5, 0.6) is 6.01 Å². The molecule has 0 bridgehead atoms. The first-order chi connectivity index (χ1) is 10.1. The van der Waals surface area contributed by atoms with Crippen LogP contribution in [0.15, 0.2) is 0 Å². The molecular formula is C14H26N6O. The number of ether oxygens (including phenoxy) is 1. The molecule has 1 aromatic heterocycles. The third-order valence-corrected chi connectivity index (χ3v) is 3.80. The fourth-order valence-corrected chi connectivity index (χ4v) is 2.48. The molecule has 0 saturated carbocycles. The van der Waals surface area contributed by atoms with Crippen LogP contribution in [0.25, 0.3) is 0 Å². The lowest BCUT2D eigenvalue weighted by Crippen LogP contribution is -2.42. The SMILES string of the molecule is CCCNc1nc(OC)nc(N2CCC(N(C)C)CC2)n1. The molecule has 2 rings (SSSR count). The van der Waals surface area contributed by atoms with Gasteiger partial charge in [0.1, 0.15) is 0 Å². The fraction of sp³-hybridized carbons (Fsp3) is 0.786. The number of piperidine rings is 1. The Kier molecular flexibility index (Phi) is 5.55. The summed E-state index contributed by atoms with van der Waals surface area (Å²) in [7, 11) is 5.86. The van der Waals surface area contributed by atoms with Crippen molar-refractivity contribution in [3.8, 4) is 6.01 Å². The van der Waals surface area contributed by atoms with E-state index in [1.54, 1.807) is 7.11 Å². The first-order valence-corrected chi connectivity index (χ1v) is 7.59. The number of nitrogens with one attached hydrogen (secondary N) is 1. The van der Waals surface area contributed by atoms with Gasteiger partial charge in [0.15, 0.2) is 0 Å². The molecular weight excluding hydrogens is 268 g/mol. The maximum Gasteiger partial charge on any atom is 0.322 e. The zero-order valence-electron chi connectivity index (χ0n) is 13.5. The first kappa shape index (κ1) is 15.8. The van der Waals surface area contributed by atoms with Crippen molar-refractivity contribution in [1.29, 1.82) is 0 Å². The number of aromatic nitrogens is 3. The van der Waals surface area contributed by atoms with Gasteiger partial charge in [-0.3, -0.25) is 0 Å². The summed E-state index contributed by atoms with van der Waals surface area (Å²) in [6.07, 6.45) is 3.27. The van der Waals surface area contributed by atoms with Crippen molar-refractivity contribution >= 4 is 11.9 Å². The molecule has 1 fully saturated rings. The minimum absolute atomic E-state index is 0.369. The van der Waals surface area contributed by atoms with Crippen LogP contribution in [0, 0.1) is 0 Å².